The molecule has 0 N–H and O–H groups in total. The third kappa shape index (κ3) is 2.48. The maximum Gasteiger partial charge on any atom is 0.255 e. The number of benzene rings is 1. The molecule has 0 aliphatic carbocycles. The van der Waals surface area contributed by atoms with Crippen LogP contribution in [0.3, 0.4) is 0 Å². The van der Waals surface area contributed by atoms with Crippen LogP contribution in [-0.2, 0) is 0 Å². The Kier molecular flexibility index (Phi) is 3.11. The Bertz CT molecular complexity index is 740. The van der Waals surface area contributed by atoms with Crippen molar-refractivity contribution in [1.29, 1.82) is 0 Å². The summed E-state index contributed by atoms with van der Waals surface area (Å²) in [6.07, 6.45) is 3.15. The molecule has 0 spiro atoms. The van der Waals surface area contributed by atoms with E-state index in [-0.39, 0.29) is 22.6 Å². The summed E-state index contributed by atoms with van der Waals surface area (Å²) < 4.78 is 27.8. The minimum absolute atomic E-state index is 0.0638. The van der Waals surface area contributed by atoms with Gasteiger partial charge >= 0.3 is 0 Å². The van der Waals surface area contributed by atoms with Crippen LogP contribution in [0.2, 0.25) is 5.28 Å². The van der Waals surface area contributed by atoms with Crippen molar-refractivity contribution in [1.82, 2.24) is 24.7 Å². The largest absolute Gasteiger partial charge is 0.255 e. The highest BCUT2D eigenvalue weighted by Gasteiger charge is 2.11. The molecule has 100 valence electrons. The Labute approximate surface area is 116 Å². The van der Waals surface area contributed by atoms with E-state index >= 15 is 0 Å². The molecule has 2 heterocycles. The summed E-state index contributed by atoms with van der Waals surface area (Å²) in [7, 11) is 0. The third-order valence-electron chi connectivity index (χ3n) is 2.43. The average molecular weight is 294 g/mol. The fourth-order valence-corrected chi connectivity index (χ4v) is 1.80. The van der Waals surface area contributed by atoms with Crippen molar-refractivity contribution < 1.29 is 8.78 Å². The summed E-state index contributed by atoms with van der Waals surface area (Å²) in [4.78, 5) is 11.9. The predicted octanol–water partition coefficient (Wildman–Crippen LogP) is 2.66. The smallest absolute Gasteiger partial charge is 0.207 e. The molecule has 5 nitrogen and oxygen atoms in total. The van der Waals surface area contributed by atoms with Crippen molar-refractivity contribution >= 4 is 11.6 Å². The lowest BCUT2D eigenvalue weighted by molar-refractivity contribution is 0.584. The first-order chi connectivity index (χ1) is 9.61. The van der Waals surface area contributed by atoms with Crippen LogP contribution in [0.25, 0.3) is 17.3 Å². The quantitative estimate of drug-likeness (QED) is 0.729. The summed E-state index contributed by atoms with van der Waals surface area (Å²) in [6.45, 7) is 0. The Morgan fingerprint density at radius 1 is 1.00 bits per heavy atom. The first kappa shape index (κ1) is 12.6. The van der Waals surface area contributed by atoms with Crippen LogP contribution in [0.1, 0.15) is 0 Å². The minimum Gasteiger partial charge on any atom is -0.207 e. The van der Waals surface area contributed by atoms with Gasteiger partial charge in [0.1, 0.15) is 11.6 Å². The Morgan fingerprint density at radius 2 is 1.75 bits per heavy atom. The van der Waals surface area contributed by atoms with Crippen LogP contribution < -0.4 is 0 Å². The van der Waals surface area contributed by atoms with Crippen LogP contribution in [-0.4, -0.2) is 24.7 Å². The van der Waals surface area contributed by atoms with Gasteiger partial charge in [0.15, 0.2) is 5.82 Å². The second-order valence-corrected chi connectivity index (χ2v) is 4.17. The van der Waals surface area contributed by atoms with Gasteiger partial charge in [-0.1, -0.05) is 0 Å². The maximum absolute atomic E-state index is 13.2. The number of halogens is 3. The van der Waals surface area contributed by atoms with Gasteiger partial charge in [-0.15, -0.1) is 0 Å². The van der Waals surface area contributed by atoms with Gasteiger partial charge in [-0.25, -0.2) is 13.5 Å². The van der Waals surface area contributed by atoms with E-state index in [1.807, 2.05) is 0 Å². The monoisotopic (exact) mass is 293 g/mol. The molecule has 0 atom stereocenters. The molecule has 2 aromatic heterocycles. The minimum atomic E-state index is -0.725. The third-order valence-corrected chi connectivity index (χ3v) is 2.60. The predicted molar refractivity (Wildman–Crippen MR) is 67.3 cm³/mol. The highest BCUT2D eigenvalue weighted by atomic mass is 35.5. The van der Waals surface area contributed by atoms with Crippen LogP contribution in [0.5, 0.6) is 0 Å². The molecule has 20 heavy (non-hydrogen) atoms. The lowest BCUT2D eigenvalue weighted by Gasteiger charge is -2.04. The molecule has 0 fully saturated rings. The maximum atomic E-state index is 13.2. The zero-order valence-electron chi connectivity index (χ0n) is 9.83. The molecular formula is C12H6ClF2N5. The normalized spacial score (nSPS) is 10.8. The van der Waals surface area contributed by atoms with Crippen molar-refractivity contribution in [3.05, 3.63) is 53.6 Å². The Balaban J connectivity index is 2.14. The second kappa shape index (κ2) is 4.93. The summed E-state index contributed by atoms with van der Waals surface area (Å²) >= 11 is 5.81. The fraction of sp³-hybridized carbons (Fsp3) is 0. The van der Waals surface area contributed by atoms with E-state index in [1.165, 1.54) is 4.68 Å². The lowest BCUT2D eigenvalue weighted by atomic mass is 10.2. The number of hydrogen-bond donors (Lipinski definition) is 0. The van der Waals surface area contributed by atoms with Gasteiger partial charge in [0, 0.05) is 24.0 Å². The van der Waals surface area contributed by atoms with Gasteiger partial charge in [0.2, 0.25) is 5.28 Å². The molecule has 0 saturated heterocycles. The molecule has 8 heteroatoms. The van der Waals surface area contributed by atoms with E-state index < -0.39 is 11.6 Å². The van der Waals surface area contributed by atoms with Gasteiger partial charge in [0.05, 0.1) is 0 Å². The molecule has 1 aromatic carbocycles. The molecule has 0 bridgehead atoms. The van der Waals surface area contributed by atoms with E-state index in [4.69, 9.17) is 11.6 Å². The topological polar surface area (TPSA) is 56.5 Å². The van der Waals surface area contributed by atoms with Crippen molar-refractivity contribution in [3.8, 4) is 17.3 Å². The van der Waals surface area contributed by atoms with Crippen LogP contribution in [0, 0.1) is 11.6 Å². The Hall–Kier alpha value is -2.41. The first-order valence-corrected chi connectivity index (χ1v) is 5.88. The van der Waals surface area contributed by atoms with Crippen molar-refractivity contribution in [2.75, 3.05) is 0 Å². The van der Waals surface area contributed by atoms with Gasteiger partial charge in [-0.05, 0) is 29.8 Å². The van der Waals surface area contributed by atoms with E-state index in [0.717, 1.165) is 18.2 Å². The van der Waals surface area contributed by atoms with Gasteiger partial charge in [-0.3, -0.25) is 0 Å². The van der Waals surface area contributed by atoms with E-state index in [0.29, 0.717) is 0 Å². The van der Waals surface area contributed by atoms with Crippen molar-refractivity contribution in [2.24, 2.45) is 0 Å². The first-order valence-electron chi connectivity index (χ1n) is 5.50. The molecule has 3 aromatic rings. The van der Waals surface area contributed by atoms with Crippen LogP contribution in [0.15, 0.2) is 36.7 Å². The fourth-order valence-electron chi connectivity index (χ4n) is 1.64. The van der Waals surface area contributed by atoms with Gasteiger partial charge < -0.3 is 0 Å². The number of nitrogens with zero attached hydrogens (tertiary/aromatic N) is 5. The highest BCUT2D eigenvalue weighted by molar-refractivity contribution is 6.28. The molecule has 3 rings (SSSR count). The van der Waals surface area contributed by atoms with E-state index in [2.05, 4.69) is 20.1 Å². The molecule has 0 radical (unpaired) electrons. The molecule has 0 unspecified atom stereocenters. The number of rotatable bonds is 2. The van der Waals surface area contributed by atoms with E-state index in [9.17, 15) is 8.78 Å². The van der Waals surface area contributed by atoms with Gasteiger partial charge in [-0.2, -0.15) is 20.1 Å². The molecule has 0 amide bonds. The molecule has 0 aliphatic rings. The molecule has 0 aliphatic heterocycles. The highest BCUT2D eigenvalue weighted by Crippen LogP contribution is 2.20. The summed E-state index contributed by atoms with van der Waals surface area (Å²) in [5, 5.41) is 3.86. The second-order valence-electron chi connectivity index (χ2n) is 3.84. The lowest BCUT2D eigenvalue weighted by Crippen LogP contribution is -2.05. The summed E-state index contributed by atoms with van der Waals surface area (Å²) in [5.74, 6) is -1.22. The zero-order valence-corrected chi connectivity index (χ0v) is 10.6. The number of hydrogen-bond acceptors (Lipinski definition) is 4. The summed E-state index contributed by atoms with van der Waals surface area (Å²) in [5.41, 5.74) is 0.167. The SMILES string of the molecule is Fc1cc(F)cc(-c2nc(Cl)nc(-n3cccn3)n2)c1. The van der Waals surface area contributed by atoms with Crippen molar-refractivity contribution in [3.63, 3.8) is 0 Å². The van der Waals surface area contributed by atoms with Crippen LogP contribution in [0.4, 0.5) is 8.78 Å². The molecule has 0 saturated carbocycles. The standard InChI is InChI=1S/C12H6ClF2N5/c13-11-17-10(7-4-8(14)6-9(15)5-7)18-12(19-11)20-3-1-2-16-20/h1-6H. The van der Waals surface area contributed by atoms with Gasteiger partial charge in [0.25, 0.3) is 5.95 Å². The van der Waals surface area contributed by atoms with Crippen LogP contribution >= 0.6 is 11.6 Å². The summed E-state index contributed by atoms with van der Waals surface area (Å²) in [6, 6.07) is 4.67. The Morgan fingerprint density at radius 3 is 2.40 bits per heavy atom. The zero-order chi connectivity index (χ0) is 14.1. The number of aromatic nitrogens is 5. The van der Waals surface area contributed by atoms with Crippen molar-refractivity contribution in [2.45, 2.75) is 0 Å². The molecular weight excluding hydrogens is 288 g/mol. The average Bonchev–Trinajstić information content (AvgIpc) is 2.90. The van der Waals surface area contributed by atoms with E-state index in [1.54, 1.807) is 18.5 Å².